The van der Waals surface area contributed by atoms with E-state index in [0.717, 1.165) is 5.06 Å². The predicted octanol–water partition coefficient (Wildman–Crippen LogP) is 1.09. The molecule has 16 heavy (non-hydrogen) atoms. The molecular weight excluding hydrogens is 212 g/mol. The summed E-state index contributed by atoms with van der Waals surface area (Å²) in [6.45, 7) is 3.83. The first-order chi connectivity index (χ1) is 7.43. The lowest BCUT2D eigenvalue weighted by molar-refractivity contribution is -0.179. The first-order valence-corrected chi connectivity index (χ1v) is 4.98. The molecule has 0 aromatic carbocycles. The van der Waals surface area contributed by atoms with Crippen molar-refractivity contribution in [1.29, 1.82) is 0 Å². The highest BCUT2D eigenvalue weighted by Gasteiger charge is 2.28. The minimum Gasteiger partial charge on any atom is -0.383 e. The molecule has 0 saturated carbocycles. The van der Waals surface area contributed by atoms with Crippen LogP contribution in [-0.4, -0.2) is 42.4 Å². The zero-order valence-corrected chi connectivity index (χ0v) is 9.99. The van der Waals surface area contributed by atoms with Gasteiger partial charge in [-0.05, 0) is 17.9 Å². The number of nitrogens with zero attached hydrogens (tertiary/aromatic N) is 4. The fraction of sp³-hybridized carbons (Fsp3) is 0.889. The van der Waals surface area contributed by atoms with Gasteiger partial charge in [0.1, 0.15) is 6.10 Å². The molecule has 0 saturated heterocycles. The molecule has 0 radical (unpaired) electrons. The van der Waals surface area contributed by atoms with Gasteiger partial charge >= 0.3 is 0 Å². The molecule has 2 atom stereocenters. The Balaban J connectivity index is 4.66. The van der Waals surface area contributed by atoms with Crippen LogP contribution < -0.4 is 0 Å². The number of hydrogen-bond acceptors (Lipinski definition) is 4. The van der Waals surface area contributed by atoms with Crippen LogP contribution in [0.15, 0.2) is 5.11 Å². The molecule has 0 spiro atoms. The standard InChI is InChI=1S/C9H18N4O3/c1-6(2)5-7(11-12-10)8(14)9(15)13(3)16-4/h6-8,14H,5H2,1-4H3/t7-,8+/m0/s1. The van der Waals surface area contributed by atoms with E-state index in [1.165, 1.54) is 14.2 Å². The lowest BCUT2D eigenvalue weighted by Gasteiger charge is -2.23. The minimum absolute atomic E-state index is 0.214. The summed E-state index contributed by atoms with van der Waals surface area (Å²) in [4.78, 5) is 18.8. The van der Waals surface area contributed by atoms with Gasteiger partial charge < -0.3 is 5.11 Å². The van der Waals surface area contributed by atoms with Crippen LogP contribution in [0.1, 0.15) is 20.3 Å². The van der Waals surface area contributed by atoms with Gasteiger partial charge in [-0.25, -0.2) is 5.06 Å². The molecule has 1 N–H and O–H groups in total. The maximum Gasteiger partial charge on any atom is 0.275 e. The minimum atomic E-state index is -1.37. The van der Waals surface area contributed by atoms with Crippen molar-refractivity contribution in [3.63, 3.8) is 0 Å². The van der Waals surface area contributed by atoms with Crippen LogP contribution in [0.2, 0.25) is 0 Å². The Bertz CT molecular complexity index is 276. The molecule has 0 aromatic heterocycles. The summed E-state index contributed by atoms with van der Waals surface area (Å²) in [5, 5.41) is 14.1. The van der Waals surface area contributed by atoms with E-state index in [2.05, 4.69) is 14.9 Å². The Hall–Kier alpha value is -1.30. The zero-order chi connectivity index (χ0) is 12.7. The zero-order valence-electron chi connectivity index (χ0n) is 9.99. The summed E-state index contributed by atoms with van der Waals surface area (Å²) in [5.41, 5.74) is 8.37. The third-order valence-electron chi connectivity index (χ3n) is 2.11. The Morgan fingerprint density at radius 1 is 1.62 bits per heavy atom. The molecule has 7 heteroatoms. The predicted molar refractivity (Wildman–Crippen MR) is 58.2 cm³/mol. The van der Waals surface area contributed by atoms with Gasteiger partial charge in [-0.2, -0.15) is 0 Å². The summed E-state index contributed by atoms with van der Waals surface area (Å²) in [7, 11) is 2.70. The van der Waals surface area contributed by atoms with Gasteiger partial charge in [0.15, 0.2) is 0 Å². The Labute approximate surface area is 94.6 Å². The van der Waals surface area contributed by atoms with Crippen molar-refractivity contribution in [3.05, 3.63) is 10.4 Å². The van der Waals surface area contributed by atoms with Gasteiger partial charge in [-0.3, -0.25) is 9.63 Å². The van der Waals surface area contributed by atoms with Gasteiger partial charge in [-0.15, -0.1) is 0 Å². The SMILES string of the molecule is CON(C)C(=O)[C@H](O)[C@H](CC(C)C)N=[N+]=[N-]. The number of amides is 1. The number of aliphatic hydroxyl groups is 1. The van der Waals surface area contributed by atoms with E-state index in [1.54, 1.807) is 0 Å². The molecule has 0 bridgehead atoms. The lowest BCUT2D eigenvalue weighted by Crippen LogP contribution is -2.42. The van der Waals surface area contributed by atoms with Crippen LogP contribution in [0, 0.1) is 5.92 Å². The van der Waals surface area contributed by atoms with E-state index in [9.17, 15) is 9.90 Å². The van der Waals surface area contributed by atoms with Crippen molar-refractivity contribution >= 4 is 5.91 Å². The molecule has 0 aliphatic heterocycles. The molecule has 1 amide bonds. The molecule has 0 heterocycles. The quantitative estimate of drug-likeness (QED) is 0.320. The van der Waals surface area contributed by atoms with E-state index in [0.29, 0.717) is 6.42 Å². The number of carbonyl (C=O) groups excluding carboxylic acids is 1. The summed E-state index contributed by atoms with van der Waals surface area (Å²) in [6, 6.07) is -0.768. The number of likely N-dealkylation sites (N-methyl/N-ethyl adjacent to an activating group) is 1. The van der Waals surface area contributed by atoms with Crippen LogP contribution in [0.4, 0.5) is 0 Å². The third kappa shape index (κ3) is 4.48. The maximum absolute atomic E-state index is 11.5. The Kier molecular flexibility index (Phi) is 6.48. The Morgan fingerprint density at radius 3 is 2.56 bits per heavy atom. The van der Waals surface area contributed by atoms with Crippen LogP contribution >= 0.6 is 0 Å². The molecule has 7 nitrogen and oxygen atoms in total. The normalized spacial score (nSPS) is 14.1. The fourth-order valence-electron chi connectivity index (χ4n) is 1.23. The molecule has 0 fully saturated rings. The average molecular weight is 230 g/mol. The number of carbonyl (C=O) groups is 1. The van der Waals surface area contributed by atoms with Crippen LogP contribution in [0.25, 0.3) is 10.4 Å². The maximum atomic E-state index is 11.5. The van der Waals surface area contributed by atoms with Crippen LogP contribution in [0.5, 0.6) is 0 Å². The number of hydrogen-bond donors (Lipinski definition) is 1. The third-order valence-corrected chi connectivity index (χ3v) is 2.11. The van der Waals surface area contributed by atoms with Gasteiger partial charge in [0.05, 0.1) is 13.2 Å². The topological polar surface area (TPSA) is 98.5 Å². The lowest BCUT2D eigenvalue weighted by atomic mass is 9.99. The van der Waals surface area contributed by atoms with E-state index >= 15 is 0 Å². The molecule has 0 rings (SSSR count). The van der Waals surface area contributed by atoms with Gasteiger partial charge in [0, 0.05) is 12.0 Å². The molecule has 0 aliphatic rings. The fourth-order valence-corrected chi connectivity index (χ4v) is 1.23. The van der Waals surface area contributed by atoms with Crippen molar-refractivity contribution in [2.24, 2.45) is 11.0 Å². The van der Waals surface area contributed by atoms with Gasteiger partial charge in [0.25, 0.3) is 5.91 Å². The highest BCUT2D eigenvalue weighted by molar-refractivity contribution is 5.80. The highest BCUT2D eigenvalue weighted by atomic mass is 16.7. The highest BCUT2D eigenvalue weighted by Crippen LogP contribution is 2.14. The second-order valence-corrected chi connectivity index (χ2v) is 3.86. The summed E-state index contributed by atoms with van der Waals surface area (Å²) in [6.07, 6.45) is -0.933. The van der Waals surface area contributed by atoms with Crippen molar-refractivity contribution in [2.75, 3.05) is 14.2 Å². The van der Waals surface area contributed by atoms with E-state index < -0.39 is 18.1 Å². The molecule has 0 aromatic rings. The number of azide groups is 1. The van der Waals surface area contributed by atoms with Crippen molar-refractivity contribution in [1.82, 2.24) is 5.06 Å². The molecule has 0 unspecified atom stereocenters. The number of rotatable bonds is 6. The summed E-state index contributed by atoms with van der Waals surface area (Å²) >= 11 is 0. The van der Waals surface area contributed by atoms with E-state index in [4.69, 9.17) is 5.53 Å². The summed E-state index contributed by atoms with van der Waals surface area (Å²) in [5.74, 6) is -0.411. The largest absolute Gasteiger partial charge is 0.383 e. The van der Waals surface area contributed by atoms with Gasteiger partial charge in [0.2, 0.25) is 0 Å². The van der Waals surface area contributed by atoms with E-state index in [1.807, 2.05) is 13.8 Å². The van der Waals surface area contributed by atoms with E-state index in [-0.39, 0.29) is 5.92 Å². The second-order valence-electron chi connectivity index (χ2n) is 3.86. The monoisotopic (exact) mass is 230 g/mol. The second kappa shape index (κ2) is 7.05. The molecule has 0 aliphatic carbocycles. The smallest absolute Gasteiger partial charge is 0.275 e. The average Bonchev–Trinajstić information content (AvgIpc) is 2.24. The van der Waals surface area contributed by atoms with Gasteiger partial charge in [-0.1, -0.05) is 19.0 Å². The number of hydroxylamine groups is 2. The van der Waals surface area contributed by atoms with Crippen molar-refractivity contribution < 1.29 is 14.7 Å². The Morgan fingerprint density at radius 2 is 2.19 bits per heavy atom. The first kappa shape index (κ1) is 14.7. The first-order valence-electron chi connectivity index (χ1n) is 4.98. The van der Waals surface area contributed by atoms with Crippen molar-refractivity contribution in [3.8, 4) is 0 Å². The van der Waals surface area contributed by atoms with Crippen LogP contribution in [0.3, 0.4) is 0 Å². The summed E-state index contributed by atoms with van der Waals surface area (Å²) < 4.78 is 0. The van der Waals surface area contributed by atoms with Crippen molar-refractivity contribution in [2.45, 2.75) is 32.4 Å². The number of aliphatic hydroxyl groups excluding tert-OH is 1. The molecule has 92 valence electrons. The molecular formula is C9H18N4O3. The van der Waals surface area contributed by atoms with Crippen LogP contribution in [-0.2, 0) is 9.63 Å².